The van der Waals surface area contributed by atoms with Crippen LogP contribution in [-0.4, -0.2) is 36.4 Å². The molecule has 1 aliphatic rings. The third-order valence-electron chi connectivity index (χ3n) is 4.74. The van der Waals surface area contributed by atoms with Crippen LogP contribution in [0.15, 0.2) is 48.5 Å². The molecule has 0 atom stereocenters. The summed E-state index contributed by atoms with van der Waals surface area (Å²) in [4.78, 5) is 4.05. The van der Waals surface area contributed by atoms with E-state index in [4.69, 9.17) is 11.6 Å². The van der Waals surface area contributed by atoms with Gasteiger partial charge in [-0.25, -0.2) is 0 Å². The number of alkyl halides is 3. The van der Waals surface area contributed by atoms with Crippen molar-refractivity contribution in [3.05, 3.63) is 59.2 Å². The Balaban J connectivity index is 1.54. The lowest BCUT2D eigenvalue weighted by Crippen LogP contribution is -2.47. The van der Waals surface area contributed by atoms with Crippen molar-refractivity contribution in [2.75, 3.05) is 36.0 Å². The molecule has 1 aliphatic heterocycles. The molecule has 3 aromatic rings. The Morgan fingerprint density at radius 1 is 0.815 bits per heavy atom. The molecule has 1 fully saturated rings. The van der Waals surface area contributed by atoms with Gasteiger partial charge in [-0.3, -0.25) is 0 Å². The van der Waals surface area contributed by atoms with E-state index in [9.17, 15) is 13.2 Å². The first kappa shape index (κ1) is 17.9. The lowest BCUT2D eigenvalue weighted by atomic mass is 10.1. The first-order valence-corrected chi connectivity index (χ1v) is 8.89. The summed E-state index contributed by atoms with van der Waals surface area (Å²) in [5.74, 6) is 0.749. The molecule has 0 N–H and O–H groups in total. The van der Waals surface area contributed by atoms with Gasteiger partial charge < -0.3 is 9.80 Å². The van der Waals surface area contributed by atoms with E-state index in [2.05, 4.69) is 15.1 Å². The molecule has 2 aromatic carbocycles. The van der Waals surface area contributed by atoms with E-state index in [0.717, 1.165) is 22.7 Å². The maximum Gasteiger partial charge on any atom is 0.416 e. The molecule has 8 heteroatoms. The average molecular weight is 393 g/mol. The predicted molar refractivity (Wildman–Crippen MR) is 100 cm³/mol. The molecule has 1 saturated heterocycles. The van der Waals surface area contributed by atoms with Gasteiger partial charge in [-0.1, -0.05) is 41.9 Å². The van der Waals surface area contributed by atoms with E-state index in [-0.39, 0.29) is 0 Å². The first-order valence-electron chi connectivity index (χ1n) is 8.51. The number of nitrogens with zero attached hydrogens (tertiary/aromatic N) is 4. The van der Waals surface area contributed by atoms with Crippen LogP contribution in [-0.2, 0) is 6.18 Å². The summed E-state index contributed by atoms with van der Waals surface area (Å²) in [7, 11) is 0. The largest absolute Gasteiger partial charge is 0.416 e. The Kier molecular flexibility index (Phi) is 4.55. The SMILES string of the molecule is FC(F)(F)c1cccc(N2CCN(c3nnc(Cl)c4ccccc34)CC2)c1. The highest BCUT2D eigenvalue weighted by Crippen LogP contribution is 2.33. The number of aromatic nitrogens is 2. The van der Waals surface area contributed by atoms with Crippen molar-refractivity contribution in [1.82, 2.24) is 10.2 Å². The molecule has 4 nitrogen and oxygen atoms in total. The minimum Gasteiger partial charge on any atom is -0.368 e. The van der Waals surface area contributed by atoms with E-state index >= 15 is 0 Å². The fraction of sp³-hybridized carbons (Fsp3) is 0.263. The number of halogens is 4. The van der Waals surface area contributed by atoms with Crippen LogP contribution in [0, 0.1) is 0 Å². The molecular weight excluding hydrogens is 377 g/mol. The van der Waals surface area contributed by atoms with Crippen LogP contribution in [0.2, 0.25) is 5.15 Å². The Bertz CT molecular complexity index is 969. The zero-order valence-corrected chi connectivity index (χ0v) is 15.0. The molecule has 0 saturated carbocycles. The minimum atomic E-state index is -4.34. The number of hydrogen-bond acceptors (Lipinski definition) is 4. The quantitative estimate of drug-likeness (QED) is 0.636. The Morgan fingerprint density at radius 3 is 2.19 bits per heavy atom. The van der Waals surface area contributed by atoms with Gasteiger partial charge in [-0.15, -0.1) is 10.2 Å². The summed E-state index contributed by atoms with van der Waals surface area (Å²) < 4.78 is 38.8. The Hall–Kier alpha value is -2.54. The minimum absolute atomic E-state index is 0.358. The van der Waals surface area contributed by atoms with Gasteiger partial charge in [0.15, 0.2) is 11.0 Å². The van der Waals surface area contributed by atoms with Gasteiger partial charge in [0.25, 0.3) is 0 Å². The molecule has 0 unspecified atom stereocenters. The molecule has 0 radical (unpaired) electrons. The van der Waals surface area contributed by atoms with E-state index in [1.807, 2.05) is 29.2 Å². The summed E-state index contributed by atoms with van der Waals surface area (Å²) in [5.41, 5.74) is -0.0477. The zero-order valence-electron chi connectivity index (χ0n) is 14.2. The second kappa shape index (κ2) is 6.88. The lowest BCUT2D eigenvalue weighted by Gasteiger charge is -2.37. The van der Waals surface area contributed by atoms with Crippen LogP contribution in [0.3, 0.4) is 0 Å². The van der Waals surface area contributed by atoms with Gasteiger partial charge in [-0.2, -0.15) is 13.2 Å². The second-order valence-electron chi connectivity index (χ2n) is 6.38. The molecule has 27 heavy (non-hydrogen) atoms. The fourth-order valence-electron chi connectivity index (χ4n) is 3.35. The maximum atomic E-state index is 12.9. The van der Waals surface area contributed by atoms with Gasteiger partial charge in [0, 0.05) is 42.6 Å². The second-order valence-corrected chi connectivity index (χ2v) is 6.74. The molecule has 140 valence electrons. The monoisotopic (exact) mass is 392 g/mol. The highest BCUT2D eigenvalue weighted by Gasteiger charge is 2.31. The zero-order chi connectivity index (χ0) is 19.0. The summed E-state index contributed by atoms with van der Waals surface area (Å²) in [6.07, 6.45) is -4.34. The molecule has 0 aliphatic carbocycles. The fourth-order valence-corrected chi connectivity index (χ4v) is 3.55. The number of rotatable bonds is 2. The van der Waals surface area contributed by atoms with Crippen LogP contribution < -0.4 is 9.80 Å². The molecule has 0 bridgehead atoms. The predicted octanol–water partition coefficient (Wildman–Crippen LogP) is 4.63. The number of hydrogen-bond donors (Lipinski definition) is 0. The average Bonchev–Trinajstić information content (AvgIpc) is 2.68. The van der Waals surface area contributed by atoms with Gasteiger partial charge in [0.1, 0.15) is 0 Å². The molecule has 1 aromatic heterocycles. The van der Waals surface area contributed by atoms with Crippen molar-refractivity contribution in [2.24, 2.45) is 0 Å². The molecule has 2 heterocycles. The van der Waals surface area contributed by atoms with E-state index in [0.29, 0.717) is 37.0 Å². The number of piperazine rings is 1. The standard InChI is InChI=1S/C19H16ClF3N4/c20-17-15-6-1-2-7-16(15)18(25-24-17)27-10-8-26(9-11-27)14-5-3-4-13(12-14)19(21,22)23/h1-7,12H,8-11H2. The Morgan fingerprint density at radius 2 is 1.48 bits per heavy atom. The normalized spacial score (nSPS) is 15.4. The van der Waals surface area contributed by atoms with Crippen molar-refractivity contribution < 1.29 is 13.2 Å². The smallest absolute Gasteiger partial charge is 0.368 e. The number of fused-ring (bicyclic) bond motifs is 1. The van der Waals surface area contributed by atoms with Crippen LogP contribution in [0.5, 0.6) is 0 Å². The van der Waals surface area contributed by atoms with E-state index in [1.165, 1.54) is 12.1 Å². The van der Waals surface area contributed by atoms with Crippen LogP contribution in [0.1, 0.15) is 5.56 Å². The van der Waals surface area contributed by atoms with Crippen molar-refractivity contribution >= 4 is 33.9 Å². The Labute approximate surface area is 159 Å². The maximum absolute atomic E-state index is 12.9. The third kappa shape index (κ3) is 3.51. The van der Waals surface area contributed by atoms with Crippen LogP contribution in [0.4, 0.5) is 24.7 Å². The topological polar surface area (TPSA) is 32.3 Å². The summed E-state index contributed by atoms with van der Waals surface area (Å²) >= 11 is 6.13. The molecule has 0 spiro atoms. The molecule has 0 amide bonds. The van der Waals surface area contributed by atoms with E-state index in [1.54, 1.807) is 6.07 Å². The van der Waals surface area contributed by atoms with Gasteiger partial charge in [-0.05, 0) is 18.2 Å². The van der Waals surface area contributed by atoms with Crippen molar-refractivity contribution in [2.45, 2.75) is 6.18 Å². The third-order valence-corrected chi connectivity index (χ3v) is 5.02. The summed E-state index contributed by atoms with van der Waals surface area (Å²) in [5, 5.41) is 10.4. The van der Waals surface area contributed by atoms with Gasteiger partial charge in [0.05, 0.1) is 5.56 Å². The number of benzene rings is 2. The van der Waals surface area contributed by atoms with Crippen LogP contribution in [0.25, 0.3) is 10.8 Å². The number of anilines is 2. The highest BCUT2D eigenvalue weighted by atomic mass is 35.5. The van der Waals surface area contributed by atoms with E-state index < -0.39 is 11.7 Å². The first-order chi connectivity index (χ1) is 12.9. The van der Waals surface area contributed by atoms with Crippen molar-refractivity contribution in [3.8, 4) is 0 Å². The highest BCUT2D eigenvalue weighted by molar-refractivity contribution is 6.34. The van der Waals surface area contributed by atoms with Gasteiger partial charge in [0.2, 0.25) is 0 Å². The van der Waals surface area contributed by atoms with Crippen LogP contribution >= 0.6 is 11.6 Å². The molecular formula is C19H16ClF3N4. The van der Waals surface area contributed by atoms with Gasteiger partial charge >= 0.3 is 6.18 Å². The lowest BCUT2D eigenvalue weighted by molar-refractivity contribution is -0.137. The van der Waals surface area contributed by atoms with Crippen molar-refractivity contribution in [3.63, 3.8) is 0 Å². The van der Waals surface area contributed by atoms with Crippen molar-refractivity contribution in [1.29, 1.82) is 0 Å². The summed E-state index contributed by atoms with van der Waals surface area (Å²) in [6.45, 7) is 2.47. The molecule has 4 rings (SSSR count). The summed E-state index contributed by atoms with van der Waals surface area (Å²) in [6, 6.07) is 13.1.